The number of carbonyl (C=O) groups excluding carboxylic acids is 2. The largest absolute Gasteiger partial charge is 0.395 e. The number of nitrogens with one attached hydrogen (secondary N) is 2. The minimum atomic E-state index is -0.508. The van der Waals surface area contributed by atoms with Crippen LogP contribution >= 0.6 is 0 Å². The van der Waals surface area contributed by atoms with Gasteiger partial charge in [0.05, 0.1) is 29.9 Å². The van der Waals surface area contributed by atoms with Crippen molar-refractivity contribution < 1.29 is 14.7 Å². The van der Waals surface area contributed by atoms with Crippen LogP contribution in [-0.2, 0) is 9.59 Å². The van der Waals surface area contributed by atoms with Crippen LogP contribution in [0.5, 0.6) is 0 Å². The first kappa shape index (κ1) is 17.9. The fraction of sp³-hybridized carbons (Fsp3) is 0.190. The Morgan fingerprint density at radius 2 is 1.93 bits per heavy atom. The molecule has 0 aliphatic carbocycles. The Morgan fingerprint density at radius 1 is 1.14 bits per heavy atom. The Morgan fingerprint density at radius 3 is 2.68 bits per heavy atom. The van der Waals surface area contributed by atoms with E-state index in [1.165, 1.54) is 6.08 Å². The summed E-state index contributed by atoms with van der Waals surface area (Å²) in [4.78, 5) is 41.7. The molecule has 7 nitrogen and oxygen atoms in total. The number of rotatable bonds is 4. The van der Waals surface area contributed by atoms with Crippen molar-refractivity contribution in [2.24, 2.45) is 0 Å². The van der Waals surface area contributed by atoms with E-state index >= 15 is 0 Å². The average molecular weight is 377 g/mol. The minimum absolute atomic E-state index is 0.0606. The highest BCUT2D eigenvalue weighted by molar-refractivity contribution is 6.18. The predicted octanol–water partition coefficient (Wildman–Crippen LogP) is 1.96. The number of aryl methyl sites for hydroxylation is 2. The van der Waals surface area contributed by atoms with Gasteiger partial charge in [0.2, 0.25) is 0 Å². The van der Waals surface area contributed by atoms with Crippen molar-refractivity contribution in [3.8, 4) is 0 Å². The molecular formula is C21H19N3O4. The molecule has 4 rings (SSSR count). The first-order valence-electron chi connectivity index (χ1n) is 8.92. The maximum Gasteiger partial charge on any atom is 0.277 e. The number of aliphatic hydroxyl groups excluding tert-OH is 1. The Bertz CT molecular complexity index is 1240. The number of benzene rings is 2. The summed E-state index contributed by atoms with van der Waals surface area (Å²) in [5.74, 6) is -0.988. The van der Waals surface area contributed by atoms with Crippen molar-refractivity contribution in [2.45, 2.75) is 13.8 Å². The number of hydrogen-bond donors (Lipinski definition) is 3. The van der Waals surface area contributed by atoms with Crippen LogP contribution in [0.2, 0.25) is 0 Å². The van der Waals surface area contributed by atoms with Gasteiger partial charge in [-0.05, 0) is 43.2 Å². The Balaban J connectivity index is 1.85. The van der Waals surface area contributed by atoms with E-state index in [9.17, 15) is 14.4 Å². The number of nitrogens with zero attached hydrogens (tertiary/aromatic N) is 1. The summed E-state index contributed by atoms with van der Waals surface area (Å²) >= 11 is 0. The second-order valence-corrected chi connectivity index (χ2v) is 6.89. The van der Waals surface area contributed by atoms with Gasteiger partial charge in [-0.2, -0.15) is 0 Å². The lowest BCUT2D eigenvalue weighted by molar-refractivity contribution is -0.137. The first-order chi connectivity index (χ1) is 13.4. The fourth-order valence-electron chi connectivity index (χ4n) is 3.67. The number of β-amino-alcohol motifs (C(OH)–C–C–N with tert-alkyl or cyclic N) is 1. The van der Waals surface area contributed by atoms with E-state index in [-0.39, 0.29) is 24.3 Å². The normalized spacial score (nSPS) is 14.2. The fourth-order valence-corrected chi connectivity index (χ4v) is 3.67. The number of hydrogen-bond acceptors (Lipinski definition) is 5. The molecule has 7 heteroatoms. The van der Waals surface area contributed by atoms with Crippen molar-refractivity contribution in [3.05, 3.63) is 63.5 Å². The third-order valence-electron chi connectivity index (χ3n) is 4.88. The second-order valence-electron chi connectivity index (χ2n) is 6.89. The van der Waals surface area contributed by atoms with Gasteiger partial charge in [-0.1, -0.05) is 12.1 Å². The Hall–Kier alpha value is -3.45. The van der Waals surface area contributed by atoms with Gasteiger partial charge in [0.25, 0.3) is 11.8 Å². The molecule has 3 aromatic rings. The highest BCUT2D eigenvalue weighted by Crippen LogP contribution is 2.26. The molecule has 2 heterocycles. The first-order valence-corrected chi connectivity index (χ1v) is 8.92. The number of aliphatic hydroxyl groups is 1. The lowest BCUT2D eigenvalue weighted by Crippen LogP contribution is -2.34. The molecule has 0 fully saturated rings. The maximum atomic E-state index is 13.0. The summed E-state index contributed by atoms with van der Waals surface area (Å²) in [5.41, 5.74) is 3.75. The van der Waals surface area contributed by atoms with E-state index in [4.69, 9.17) is 5.11 Å². The summed E-state index contributed by atoms with van der Waals surface area (Å²) in [5, 5.41) is 13.1. The van der Waals surface area contributed by atoms with Crippen LogP contribution in [0.15, 0.2) is 46.9 Å². The van der Waals surface area contributed by atoms with E-state index in [1.807, 2.05) is 26.0 Å². The molecule has 0 spiro atoms. The molecule has 1 aliphatic rings. The van der Waals surface area contributed by atoms with Gasteiger partial charge in [-0.3, -0.25) is 19.3 Å². The number of anilines is 1. The molecule has 0 atom stereocenters. The average Bonchev–Trinajstić information content (AvgIpc) is 2.90. The van der Waals surface area contributed by atoms with Crippen LogP contribution in [0.3, 0.4) is 0 Å². The number of aromatic amines is 1. The smallest absolute Gasteiger partial charge is 0.277 e. The zero-order valence-corrected chi connectivity index (χ0v) is 15.5. The second kappa shape index (κ2) is 6.61. The number of para-hydroxylation sites is 1. The summed E-state index contributed by atoms with van der Waals surface area (Å²) in [6.07, 6.45) is 1.20. The lowest BCUT2D eigenvalue weighted by Gasteiger charge is -2.15. The Labute approximate surface area is 160 Å². The van der Waals surface area contributed by atoms with Gasteiger partial charge in [-0.15, -0.1) is 0 Å². The number of H-pyrrole nitrogens is 1. The molecule has 0 unspecified atom stereocenters. The van der Waals surface area contributed by atoms with E-state index in [0.29, 0.717) is 27.5 Å². The number of amides is 2. The molecule has 28 heavy (non-hydrogen) atoms. The van der Waals surface area contributed by atoms with Crippen LogP contribution < -0.4 is 10.7 Å². The van der Waals surface area contributed by atoms with Crippen LogP contribution in [0, 0.1) is 13.8 Å². The predicted molar refractivity (Wildman–Crippen MR) is 107 cm³/mol. The standard InChI is InChI=1S/C21H19N3O4/c1-11-8-12(2)18-15(9-11)23-19-13(20(18)27)4-3-5-14(19)22-16-10-17(26)24(6-7-25)21(16)28/h3-5,8-10,22,25H,6-7H2,1-2H3,(H,23,27). The van der Waals surface area contributed by atoms with Crippen LogP contribution in [0.1, 0.15) is 11.1 Å². The van der Waals surface area contributed by atoms with E-state index in [1.54, 1.807) is 18.2 Å². The summed E-state index contributed by atoms with van der Waals surface area (Å²) in [7, 11) is 0. The van der Waals surface area contributed by atoms with Crippen molar-refractivity contribution in [3.63, 3.8) is 0 Å². The summed E-state index contributed by atoms with van der Waals surface area (Å²) in [6.45, 7) is 3.50. The van der Waals surface area contributed by atoms with Gasteiger partial charge in [0.1, 0.15) is 5.70 Å². The SMILES string of the molecule is Cc1cc(C)c2c(=O)c3cccc(NC4=CC(=O)N(CCO)C4=O)c3[nH]c2c1. The molecule has 0 saturated carbocycles. The third kappa shape index (κ3) is 2.76. The van der Waals surface area contributed by atoms with Gasteiger partial charge >= 0.3 is 0 Å². The maximum absolute atomic E-state index is 13.0. The van der Waals surface area contributed by atoms with E-state index in [2.05, 4.69) is 10.3 Å². The minimum Gasteiger partial charge on any atom is -0.395 e. The van der Waals surface area contributed by atoms with Crippen molar-refractivity contribution in [1.29, 1.82) is 0 Å². The van der Waals surface area contributed by atoms with E-state index in [0.717, 1.165) is 16.0 Å². The molecule has 0 radical (unpaired) electrons. The molecule has 0 bridgehead atoms. The van der Waals surface area contributed by atoms with Crippen molar-refractivity contribution in [2.75, 3.05) is 18.5 Å². The molecule has 2 amide bonds. The van der Waals surface area contributed by atoms with Gasteiger partial charge in [0.15, 0.2) is 5.43 Å². The molecule has 1 aliphatic heterocycles. The molecular weight excluding hydrogens is 358 g/mol. The number of carbonyl (C=O) groups is 2. The van der Waals surface area contributed by atoms with Gasteiger partial charge < -0.3 is 15.4 Å². The summed E-state index contributed by atoms with van der Waals surface area (Å²) < 4.78 is 0. The lowest BCUT2D eigenvalue weighted by atomic mass is 10.0. The molecule has 3 N–H and O–H groups in total. The van der Waals surface area contributed by atoms with Crippen molar-refractivity contribution in [1.82, 2.24) is 9.88 Å². The van der Waals surface area contributed by atoms with Crippen LogP contribution in [0.4, 0.5) is 5.69 Å². The van der Waals surface area contributed by atoms with Gasteiger partial charge in [-0.25, -0.2) is 0 Å². The van der Waals surface area contributed by atoms with Crippen molar-refractivity contribution >= 4 is 39.3 Å². The number of fused-ring (bicyclic) bond motifs is 2. The topological polar surface area (TPSA) is 102 Å². The van der Waals surface area contributed by atoms with Gasteiger partial charge in [0, 0.05) is 16.8 Å². The van der Waals surface area contributed by atoms with Crippen LogP contribution in [-0.4, -0.2) is 40.0 Å². The molecule has 142 valence electrons. The Kier molecular flexibility index (Phi) is 4.24. The summed E-state index contributed by atoms with van der Waals surface area (Å²) in [6, 6.07) is 9.07. The zero-order chi connectivity index (χ0) is 20.0. The van der Waals surface area contributed by atoms with E-state index < -0.39 is 11.8 Å². The number of imide groups is 1. The molecule has 0 saturated heterocycles. The molecule has 1 aromatic heterocycles. The quantitative estimate of drug-likeness (QED) is 0.476. The highest BCUT2D eigenvalue weighted by atomic mass is 16.3. The van der Waals surface area contributed by atoms with Crippen LogP contribution in [0.25, 0.3) is 21.8 Å². The zero-order valence-electron chi connectivity index (χ0n) is 15.5. The number of aromatic nitrogens is 1. The number of pyridine rings is 1. The highest BCUT2D eigenvalue weighted by Gasteiger charge is 2.30. The molecule has 2 aromatic carbocycles. The third-order valence-corrected chi connectivity index (χ3v) is 4.88. The monoisotopic (exact) mass is 377 g/mol.